The summed E-state index contributed by atoms with van der Waals surface area (Å²) in [6.07, 6.45) is 2.29. The maximum Gasteiger partial charge on any atom is 0.342 e. The van der Waals surface area contributed by atoms with Crippen LogP contribution in [0.4, 0.5) is 11.5 Å². The molecule has 0 bridgehead atoms. The van der Waals surface area contributed by atoms with Crippen molar-refractivity contribution in [1.29, 1.82) is 0 Å². The molecule has 9 heteroatoms. The minimum Gasteiger partial charge on any atom is -0.477 e. The highest BCUT2D eigenvalue weighted by Crippen LogP contribution is 2.20. The lowest BCUT2D eigenvalue weighted by Crippen LogP contribution is -2.07. The van der Waals surface area contributed by atoms with Crippen LogP contribution in [0.3, 0.4) is 0 Å². The van der Waals surface area contributed by atoms with E-state index in [0.717, 1.165) is 12.3 Å². The first-order chi connectivity index (χ1) is 9.08. The highest BCUT2D eigenvalue weighted by Gasteiger charge is 2.20. The van der Waals surface area contributed by atoms with Crippen LogP contribution >= 0.6 is 0 Å². The van der Waals surface area contributed by atoms with Crippen molar-refractivity contribution in [1.82, 2.24) is 10.1 Å². The molecule has 2 aromatic heterocycles. The predicted octanol–water partition coefficient (Wildman–Crippen LogP) is 1.29. The lowest BCUT2D eigenvalue weighted by molar-refractivity contribution is -0.385. The normalized spacial score (nSPS) is 10.1. The molecule has 0 aromatic carbocycles. The van der Waals surface area contributed by atoms with Crippen molar-refractivity contribution in [3.05, 3.63) is 46.0 Å². The van der Waals surface area contributed by atoms with Gasteiger partial charge in [0, 0.05) is 12.1 Å². The third-order valence-corrected chi connectivity index (χ3v) is 2.25. The van der Waals surface area contributed by atoms with E-state index in [4.69, 9.17) is 5.11 Å². The second-order valence-corrected chi connectivity index (χ2v) is 3.49. The molecule has 0 amide bonds. The number of carboxylic acid groups (broad SMARTS) is 1. The number of pyridine rings is 1. The molecular weight excluding hydrogens is 256 g/mol. The number of aromatic carboxylic acids is 1. The van der Waals surface area contributed by atoms with Crippen molar-refractivity contribution in [3.8, 4) is 0 Å². The van der Waals surface area contributed by atoms with E-state index in [1.807, 2.05) is 0 Å². The Morgan fingerprint density at radius 1 is 1.58 bits per heavy atom. The first kappa shape index (κ1) is 12.5. The topological polar surface area (TPSA) is 131 Å². The minimum absolute atomic E-state index is 0.200. The Hall–Kier alpha value is -2.97. The van der Waals surface area contributed by atoms with Gasteiger partial charge in [-0.2, -0.15) is 0 Å². The Bertz CT molecular complexity index is 610. The molecule has 19 heavy (non-hydrogen) atoms. The van der Waals surface area contributed by atoms with Crippen LogP contribution in [0.1, 0.15) is 16.1 Å². The first-order valence-corrected chi connectivity index (χ1v) is 5.09. The molecule has 0 aliphatic heterocycles. The fourth-order valence-corrected chi connectivity index (χ4v) is 1.37. The molecule has 2 rings (SSSR count). The van der Waals surface area contributed by atoms with Crippen molar-refractivity contribution < 1.29 is 19.3 Å². The summed E-state index contributed by atoms with van der Waals surface area (Å²) in [5, 5.41) is 26.0. The van der Waals surface area contributed by atoms with Gasteiger partial charge in [-0.3, -0.25) is 10.1 Å². The van der Waals surface area contributed by atoms with E-state index in [1.54, 1.807) is 6.07 Å². The number of hydrogen-bond acceptors (Lipinski definition) is 7. The molecular formula is C10H8N4O5. The lowest BCUT2D eigenvalue weighted by atomic mass is 10.2. The summed E-state index contributed by atoms with van der Waals surface area (Å²) in [5.74, 6) is -1.19. The SMILES string of the molecule is O=C(O)c1cc(NCc2ccon2)ncc1[N+](=O)[O-]. The van der Waals surface area contributed by atoms with Crippen molar-refractivity contribution in [2.45, 2.75) is 6.54 Å². The third kappa shape index (κ3) is 2.83. The molecule has 0 unspecified atom stereocenters. The number of anilines is 1. The number of rotatable bonds is 5. The first-order valence-electron chi connectivity index (χ1n) is 5.09. The van der Waals surface area contributed by atoms with Crippen LogP contribution in [0, 0.1) is 10.1 Å². The summed E-state index contributed by atoms with van der Waals surface area (Å²) in [5.41, 5.74) is -0.390. The highest BCUT2D eigenvalue weighted by atomic mass is 16.6. The van der Waals surface area contributed by atoms with Gasteiger partial charge in [0.1, 0.15) is 29.5 Å². The second-order valence-electron chi connectivity index (χ2n) is 3.49. The number of nitro groups is 1. The van der Waals surface area contributed by atoms with Gasteiger partial charge in [0.15, 0.2) is 0 Å². The maximum atomic E-state index is 10.9. The molecule has 0 radical (unpaired) electrons. The molecule has 0 aliphatic carbocycles. The molecule has 0 aliphatic rings. The molecule has 2 aromatic rings. The fourth-order valence-electron chi connectivity index (χ4n) is 1.37. The van der Waals surface area contributed by atoms with Crippen molar-refractivity contribution in [2.24, 2.45) is 0 Å². The van der Waals surface area contributed by atoms with Gasteiger partial charge >= 0.3 is 11.7 Å². The molecule has 0 saturated carbocycles. The van der Waals surface area contributed by atoms with Crippen LogP contribution in [0.25, 0.3) is 0 Å². The highest BCUT2D eigenvalue weighted by molar-refractivity contribution is 5.93. The van der Waals surface area contributed by atoms with Gasteiger partial charge in [-0.15, -0.1) is 0 Å². The van der Waals surface area contributed by atoms with Gasteiger partial charge in [-0.1, -0.05) is 5.16 Å². The average molecular weight is 264 g/mol. The largest absolute Gasteiger partial charge is 0.477 e. The van der Waals surface area contributed by atoms with Crippen LogP contribution in [-0.4, -0.2) is 26.1 Å². The van der Waals surface area contributed by atoms with Crippen molar-refractivity contribution in [3.63, 3.8) is 0 Å². The quantitative estimate of drug-likeness (QED) is 0.609. The van der Waals surface area contributed by atoms with E-state index >= 15 is 0 Å². The van der Waals surface area contributed by atoms with Gasteiger partial charge in [-0.05, 0) is 0 Å². The summed E-state index contributed by atoms with van der Waals surface area (Å²) in [6, 6.07) is 2.72. The third-order valence-electron chi connectivity index (χ3n) is 2.25. The smallest absolute Gasteiger partial charge is 0.342 e. The number of hydrogen-bond donors (Lipinski definition) is 2. The van der Waals surface area contributed by atoms with Crippen molar-refractivity contribution in [2.75, 3.05) is 5.32 Å². The standard InChI is InChI=1S/C10H8N4O5/c15-10(16)7-3-9(12-5-8(7)14(17)18)11-4-6-1-2-19-13-6/h1-3,5H,4H2,(H,11,12)(H,15,16). The zero-order valence-corrected chi connectivity index (χ0v) is 9.44. The molecule has 2 N–H and O–H groups in total. The van der Waals surface area contributed by atoms with Gasteiger partial charge < -0.3 is 14.9 Å². The molecule has 0 spiro atoms. The summed E-state index contributed by atoms with van der Waals surface area (Å²) < 4.78 is 4.62. The number of nitrogens with one attached hydrogen (secondary N) is 1. The second kappa shape index (κ2) is 5.12. The van der Waals surface area contributed by atoms with E-state index < -0.39 is 22.1 Å². The Balaban J connectivity index is 2.20. The zero-order chi connectivity index (χ0) is 13.8. The minimum atomic E-state index is -1.39. The molecule has 9 nitrogen and oxygen atoms in total. The van der Waals surface area contributed by atoms with E-state index in [1.165, 1.54) is 6.26 Å². The Morgan fingerprint density at radius 3 is 2.95 bits per heavy atom. The van der Waals surface area contributed by atoms with Gasteiger partial charge in [0.25, 0.3) is 0 Å². The van der Waals surface area contributed by atoms with Crippen LogP contribution in [0.2, 0.25) is 0 Å². The van der Waals surface area contributed by atoms with Gasteiger partial charge in [0.2, 0.25) is 0 Å². The molecule has 0 fully saturated rings. The summed E-state index contributed by atoms with van der Waals surface area (Å²) in [7, 11) is 0. The average Bonchev–Trinajstić information content (AvgIpc) is 2.88. The Labute approximate surface area is 106 Å². The maximum absolute atomic E-state index is 10.9. The van der Waals surface area contributed by atoms with Crippen molar-refractivity contribution >= 4 is 17.5 Å². The number of carbonyl (C=O) groups is 1. The van der Waals surface area contributed by atoms with Crippen LogP contribution in [0.5, 0.6) is 0 Å². The van der Waals surface area contributed by atoms with Crippen LogP contribution < -0.4 is 5.32 Å². The fraction of sp³-hybridized carbons (Fsp3) is 0.100. The number of aromatic nitrogens is 2. The van der Waals surface area contributed by atoms with Crippen LogP contribution in [-0.2, 0) is 6.54 Å². The van der Waals surface area contributed by atoms with E-state index in [-0.39, 0.29) is 12.4 Å². The Morgan fingerprint density at radius 2 is 2.37 bits per heavy atom. The van der Waals surface area contributed by atoms with Crippen LogP contribution in [0.15, 0.2) is 29.1 Å². The zero-order valence-electron chi connectivity index (χ0n) is 9.44. The molecule has 0 saturated heterocycles. The summed E-state index contributed by atoms with van der Waals surface area (Å²) in [6.45, 7) is 0.264. The van der Waals surface area contributed by atoms with Gasteiger partial charge in [0.05, 0.1) is 11.5 Å². The van der Waals surface area contributed by atoms with Gasteiger partial charge in [-0.25, -0.2) is 9.78 Å². The molecule has 0 atom stereocenters. The Kier molecular flexibility index (Phi) is 3.37. The molecule has 98 valence electrons. The van der Waals surface area contributed by atoms with E-state index in [0.29, 0.717) is 5.69 Å². The lowest BCUT2D eigenvalue weighted by Gasteiger charge is -2.04. The summed E-state index contributed by atoms with van der Waals surface area (Å²) in [4.78, 5) is 24.5. The monoisotopic (exact) mass is 264 g/mol. The predicted molar refractivity (Wildman–Crippen MR) is 61.7 cm³/mol. The molecule has 2 heterocycles. The van der Waals surface area contributed by atoms with E-state index in [9.17, 15) is 14.9 Å². The summed E-state index contributed by atoms with van der Waals surface area (Å²) >= 11 is 0. The van der Waals surface area contributed by atoms with E-state index in [2.05, 4.69) is 20.0 Å². The number of nitrogens with zero attached hydrogens (tertiary/aromatic N) is 3. The number of carboxylic acids is 1.